The fraction of sp³-hybridized carbons (Fsp3) is 0.316. The summed E-state index contributed by atoms with van der Waals surface area (Å²) >= 11 is 3.34. The highest BCUT2D eigenvalue weighted by molar-refractivity contribution is 9.10. The number of alkyl halides is 3. The summed E-state index contributed by atoms with van der Waals surface area (Å²) in [5.74, 6) is 0.0221. The van der Waals surface area contributed by atoms with Gasteiger partial charge in [-0.1, -0.05) is 15.9 Å². The lowest BCUT2D eigenvalue weighted by atomic mass is 10.1. The van der Waals surface area contributed by atoms with Gasteiger partial charge in [-0.05, 0) is 25.1 Å². The largest absolute Gasteiger partial charge is 0.496 e. The van der Waals surface area contributed by atoms with Crippen LogP contribution in [0.5, 0.6) is 5.75 Å². The Bertz CT molecular complexity index is 1180. The van der Waals surface area contributed by atoms with Gasteiger partial charge in [-0.2, -0.15) is 18.3 Å². The fourth-order valence-corrected chi connectivity index (χ4v) is 3.71. The minimum absolute atomic E-state index is 0.0671. The number of halogens is 4. The smallest absolute Gasteiger partial charge is 0.417 e. The van der Waals surface area contributed by atoms with E-state index in [1.54, 1.807) is 18.2 Å². The summed E-state index contributed by atoms with van der Waals surface area (Å²) in [5.41, 5.74) is -1.26. The predicted octanol–water partition coefficient (Wildman–Crippen LogP) is 3.15. The van der Waals surface area contributed by atoms with Crippen molar-refractivity contribution in [1.82, 2.24) is 19.7 Å². The fourth-order valence-electron chi connectivity index (χ4n) is 3.30. The second-order valence-electron chi connectivity index (χ2n) is 6.62. The van der Waals surface area contributed by atoms with Gasteiger partial charge >= 0.3 is 6.18 Å². The number of hydrogen-bond acceptors (Lipinski definition) is 4. The molecule has 1 N–H and O–H groups in total. The number of carbonyl (C=O) groups excluding carboxylic acids is 1. The summed E-state index contributed by atoms with van der Waals surface area (Å²) in [6.45, 7) is 1.08. The zero-order chi connectivity index (χ0) is 22.2. The molecule has 2 aromatic heterocycles. The molecule has 11 heteroatoms. The molecule has 0 unspecified atom stereocenters. The lowest BCUT2D eigenvalue weighted by Crippen LogP contribution is -2.33. The van der Waals surface area contributed by atoms with Gasteiger partial charge in [-0.25, -0.2) is 0 Å². The standard InChI is InChI=1S/C19H18BrF3N4O3/c1-10-17-13(19(21,22)23)7-16(29)27(18(17)26(2)25-10)9-15(28)24-8-11-6-12(20)4-5-14(11)30-3/h4-7H,8-9H2,1-3H3,(H,24,28). The number of aromatic nitrogens is 3. The lowest BCUT2D eigenvalue weighted by Gasteiger charge is -2.14. The summed E-state index contributed by atoms with van der Waals surface area (Å²) in [7, 11) is 2.92. The van der Waals surface area contributed by atoms with Crippen LogP contribution in [0.25, 0.3) is 11.0 Å². The van der Waals surface area contributed by atoms with Crippen LogP contribution < -0.4 is 15.6 Å². The van der Waals surface area contributed by atoms with Gasteiger partial charge in [0.15, 0.2) is 0 Å². The number of methoxy groups -OCH3 is 1. The van der Waals surface area contributed by atoms with Crippen molar-refractivity contribution in [1.29, 1.82) is 0 Å². The van der Waals surface area contributed by atoms with Gasteiger partial charge in [-0.15, -0.1) is 0 Å². The van der Waals surface area contributed by atoms with E-state index in [1.165, 1.54) is 25.8 Å². The number of fused-ring (bicyclic) bond motifs is 1. The molecule has 0 aliphatic heterocycles. The van der Waals surface area contributed by atoms with Gasteiger partial charge in [0.1, 0.15) is 17.9 Å². The van der Waals surface area contributed by atoms with E-state index in [4.69, 9.17) is 4.74 Å². The summed E-state index contributed by atoms with van der Waals surface area (Å²) in [4.78, 5) is 24.9. The van der Waals surface area contributed by atoms with Gasteiger partial charge in [-0.3, -0.25) is 18.8 Å². The first-order valence-corrected chi connectivity index (χ1v) is 9.55. The molecule has 0 aliphatic carbocycles. The van der Waals surface area contributed by atoms with E-state index in [-0.39, 0.29) is 23.3 Å². The molecule has 1 amide bonds. The summed E-state index contributed by atoms with van der Waals surface area (Å²) in [6, 6.07) is 5.79. The van der Waals surface area contributed by atoms with Gasteiger partial charge in [0.2, 0.25) is 5.91 Å². The number of carbonyl (C=O) groups is 1. The number of benzene rings is 1. The Morgan fingerprint density at radius 2 is 2.00 bits per heavy atom. The topological polar surface area (TPSA) is 78.2 Å². The van der Waals surface area contributed by atoms with E-state index in [1.807, 2.05) is 0 Å². The van der Waals surface area contributed by atoms with Crippen molar-refractivity contribution in [2.75, 3.05) is 7.11 Å². The van der Waals surface area contributed by atoms with Crippen molar-refractivity contribution in [3.05, 3.63) is 55.9 Å². The highest BCUT2D eigenvalue weighted by Gasteiger charge is 2.36. The Morgan fingerprint density at radius 1 is 1.30 bits per heavy atom. The third-order valence-corrected chi connectivity index (χ3v) is 5.07. The molecule has 0 atom stereocenters. The molecule has 0 saturated carbocycles. The van der Waals surface area contributed by atoms with Gasteiger partial charge in [0.05, 0.1) is 23.8 Å². The third-order valence-electron chi connectivity index (χ3n) is 4.58. The highest BCUT2D eigenvalue weighted by Crippen LogP contribution is 2.35. The van der Waals surface area contributed by atoms with E-state index >= 15 is 0 Å². The predicted molar refractivity (Wildman–Crippen MR) is 107 cm³/mol. The van der Waals surface area contributed by atoms with E-state index in [2.05, 4.69) is 26.3 Å². The van der Waals surface area contributed by atoms with Gasteiger partial charge in [0.25, 0.3) is 5.56 Å². The first-order chi connectivity index (χ1) is 14.0. The lowest BCUT2D eigenvalue weighted by molar-refractivity contribution is -0.136. The molecule has 0 spiro atoms. The number of nitrogens with one attached hydrogen (secondary N) is 1. The Balaban J connectivity index is 1.93. The van der Waals surface area contributed by atoms with Crippen LogP contribution in [0.2, 0.25) is 0 Å². The number of amides is 1. The first-order valence-electron chi connectivity index (χ1n) is 8.76. The van der Waals surface area contributed by atoms with Crippen molar-refractivity contribution >= 4 is 32.9 Å². The quantitative estimate of drug-likeness (QED) is 0.600. The Morgan fingerprint density at radius 3 is 2.63 bits per heavy atom. The average Bonchev–Trinajstić information content (AvgIpc) is 2.95. The van der Waals surface area contributed by atoms with Gasteiger partial charge < -0.3 is 10.1 Å². The van der Waals surface area contributed by atoms with Crippen LogP contribution in [0.4, 0.5) is 13.2 Å². The van der Waals surface area contributed by atoms with E-state index in [9.17, 15) is 22.8 Å². The number of ether oxygens (including phenoxy) is 1. The zero-order valence-electron chi connectivity index (χ0n) is 16.3. The Hall–Kier alpha value is -2.82. The van der Waals surface area contributed by atoms with Crippen molar-refractivity contribution in [3.63, 3.8) is 0 Å². The maximum absolute atomic E-state index is 13.4. The second kappa shape index (κ2) is 8.13. The van der Waals surface area contributed by atoms with Crippen LogP contribution >= 0.6 is 15.9 Å². The molecule has 1 aromatic carbocycles. The van der Waals surface area contributed by atoms with Crippen LogP contribution in [0.15, 0.2) is 33.5 Å². The first kappa shape index (κ1) is 21.9. The molecular formula is C19H18BrF3N4O3. The molecule has 3 aromatic rings. The zero-order valence-corrected chi connectivity index (χ0v) is 17.9. The van der Waals surface area contributed by atoms with Crippen molar-refractivity contribution in [2.45, 2.75) is 26.2 Å². The molecule has 7 nitrogen and oxygen atoms in total. The Kier molecular flexibility index (Phi) is 5.93. The van der Waals surface area contributed by atoms with Crippen molar-refractivity contribution in [3.8, 4) is 5.75 Å². The van der Waals surface area contributed by atoms with Crippen LogP contribution in [0.3, 0.4) is 0 Å². The van der Waals surface area contributed by atoms with E-state index < -0.39 is 29.8 Å². The molecule has 160 valence electrons. The van der Waals surface area contributed by atoms with Gasteiger partial charge in [0, 0.05) is 29.7 Å². The van der Waals surface area contributed by atoms with E-state index in [0.717, 1.165) is 9.04 Å². The summed E-state index contributed by atoms with van der Waals surface area (Å²) < 4.78 is 48.4. The van der Waals surface area contributed by atoms with Crippen LogP contribution in [-0.4, -0.2) is 27.4 Å². The normalized spacial score (nSPS) is 11.7. The molecule has 0 fully saturated rings. The summed E-state index contributed by atoms with van der Waals surface area (Å²) in [5, 5.41) is 6.46. The summed E-state index contributed by atoms with van der Waals surface area (Å²) in [6.07, 6.45) is -4.72. The number of nitrogens with zero attached hydrogens (tertiary/aromatic N) is 3. The highest BCUT2D eigenvalue weighted by atomic mass is 79.9. The Labute approximate surface area is 177 Å². The van der Waals surface area contributed by atoms with Crippen LogP contribution in [-0.2, 0) is 31.1 Å². The molecule has 0 radical (unpaired) electrons. The number of pyridine rings is 1. The SMILES string of the molecule is COc1ccc(Br)cc1CNC(=O)Cn1c(=O)cc(C(F)(F)F)c2c(C)nn(C)c21. The van der Waals surface area contributed by atoms with E-state index in [0.29, 0.717) is 17.4 Å². The number of hydrogen-bond donors (Lipinski definition) is 1. The number of rotatable bonds is 5. The molecule has 30 heavy (non-hydrogen) atoms. The van der Waals surface area contributed by atoms with Crippen molar-refractivity contribution in [2.24, 2.45) is 7.05 Å². The monoisotopic (exact) mass is 486 g/mol. The average molecular weight is 487 g/mol. The molecule has 0 saturated heterocycles. The van der Waals surface area contributed by atoms with Crippen molar-refractivity contribution < 1.29 is 22.7 Å². The maximum atomic E-state index is 13.4. The van der Waals surface area contributed by atoms with Crippen LogP contribution in [0.1, 0.15) is 16.8 Å². The number of aryl methyl sites for hydroxylation is 2. The minimum atomic E-state index is -4.72. The third kappa shape index (κ3) is 4.20. The molecule has 3 rings (SSSR count). The molecule has 0 aliphatic rings. The van der Waals surface area contributed by atoms with Crippen LogP contribution in [0, 0.1) is 6.92 Å². The molecular weight excluding hydrogens is 469 g/mol. The molecule has 2 heterocycles. The maximum Gasteiger partial charge on any atom is 0.417 e. The molecule has 0 bridgehead atoms. The minimum Gasteiger partial charge on any atom is -0.496 e. The second-order valence-corrected chi connectivity index (χ2v) is 7.54.